The van der Waals surface area contributed by atoms with Crippen LogP contribution in [0.25, 0.3) is 0 Å². The molecule has 0 fully saturated rings. The first-order chi connectivity index (χ1) is 14.5. The second-order valence-corrected chi connectivity index (χ2v) is 7.41. The SMILES string of the molecule is CC(C)CC(NC(=O)COc1cccc(NC(=O)c2ccco2)c1)c1ccccc1. The first-order valence-corrected chi connectivity index (χ1v) is 9.93. The van der Waals surface area contributed by atoms with Crippen LogP contribution in [0.5, 0.6) is 5.75 Å². The van der Waals surface area contributed by atoms with Gasteiger partial charge in [-0.25, -0.2) is 0 Å². The number of amides is 2. The smallest absolute Gasteiger partial charge is 0.291 e. The van der Waals surface area contributed by atoms with Crippen molar-refractivity contribution >= 4 is 17.5 Å². The number of hydrogen-bond donors (Lipinski definition) is 2. The summed E-state index contributed by atoms with van der Waals surface area (Å²) in [6.07, 6.45) is 2.28. The fourth-order valence-electron chi connectivity index (χ4n) is 3.08. The lowest BCUT2D eigenvalue weighted by Gasteiger charge is -2.21. The Balaban J connectivity index is 1.56. The van der Waals surface area contributed by atoms with Gasteiger partial charge in [-0.05, 0) is 42.2 Å². The van der Waals surface area contributed by atoms with Gasteiger partial charge in [-0.3, -0.25) is 9.59 Å². The molecule has 0 spiro atoms. The van der Waals surface area contributed by atoms with Gasteiger partial charge in [-0.15, -0.1) is 0 Å². The first-order valence-electron chi connectivity index (χ1n) is 9.93. The van der Waals surface area contributed by atoms with Gasteiger partial charge in [0.15, 0.2) is 12.4 Å². The summed E-state index contributed by atoms with van der Waals surface area (Å²) in [5, 5.41) is 5.79. The Kier molecular flexibility index (Phi) is 7.27. The normalized spacial score (nSPS) is 11.7. The summed E-state index contributed by atoms with van der Waals surface area (Å²) in [6, 6.07) is 20.0. The van der Waals surface area contributed by atoms with Gasteiger partial charge in [-0.2, -0.15) is 0 Å². The fourth-order valence-corrected chi connectivity index (χ4v) is 3.08. The van der Waals surface area contributed by atoms with E-state index in [4.69, 9.17) is 9.15 Å². The second kappa shape index (κ2) is 10.3. The van der Waals surface area contributed by atoms with E-state index < -0.39 is 0 Å². The molecule has 0 bridgehead atoms. The van der Waals surface area contributed by atoms with Gasteiger partial charge < -0.3 is 19.8 Å². The summed E-state index contributed by atoms with van der Waals surface area (Å²) >= 11 is 0. The van der Waals surface area contributed by atoms with Crippen LogP contribution in [0.4, 0.5) is 5.69 Å². The highest BCUT2D eigenvalue weighted by Gasteiger charge is 2.16. The third-order valence-corrected chi connectivity index (χ3v) is 4.45. The van der Waals surface area contributed by atoms with E-state index in [1.165, 1.54) is 6.26 Å². The molecule has 0 radical (unpaired) electrons. The van der Waals surface area contributed by atoms with Crippen molar-refractivity contribution in [2.45, 2.75) is 26.3 Å². The summed E-state index contributed by atoms with van der Waals surface area (Å²) in [5.41, 5.74) is 1.62. The van der Waals surface area contributed by atoms with Gasteiger partial charge in [0, 0.05) is 11.8 Å². The van der Waals surface area contributed by atoms with Crippen LogP contribution in [0.1, 0.15) is 42.4 Å². The molecule has 1 atom stereocenters. The van der Waals surface area contributed by atoms with Crippen molar-refractivity contribution in [3.05, 3.63) is 84.3 Å². The molecule has 0 aliphatic heterocycles. The molecular weight excluding hydrogens is 380 g/mol. The standard InChI is InChI=1S/C24H26N2O4/c1-17(2)14-21(18-8-4-3-5-9-18)26-23(27)16-30-20-11-6-10-19(15-20)25-24(28)22-12-7-13-29-22/h3-13,15,17,21H,14,16H2,1-2H3,(H,25,28)(H,26,27). The highest BCUT2D eigenvalue weighted by Crippen LogP contribution is 2.22. The maximum absolute atomic E-state index is 12.5. The Labute approximate surface area is 176 Å². The molecule has 30 heavy (non-hydrogen) atoms. The quantitative estimate of drug-likeness (QED) is 0.534. The Morgan fingerprint density at radius 1 is 1.00 bits per heavy atom. The third kappa shape index (κ3) is 6.24. The molecule has 0 saturated carbocycles. The van der Waals surface area contributed by atoms with E-state index in [1.54, 1.807) is 36.4 Å². The van der Waals surface area contributed by atoms with Crippen LogP contribution in [0, 0.1) is 5.92 Å². The van der Waals surface area contributed by atoms with Gasteiger partial charge in [0.05, 0.1) is 12.3 Å². The van der Waals surface area contributed by atoms with E-state index in [0.29, 0.717) is 17.4 Å². The van der Waals surface area contributed by atoms with Gasteiger partial charge in [-0.1, -0.05) is 50.2 Å². The largest absolute Gasteiger partial charge is 0.484 e. The first kappa shape index (κ1) is 21.2. The lowest BCUT2D eigenvalue weighted by Crippen LogP contribution is -2.33. The maximum atomic E-state index is 12.5. The zero-order chi connectivity index (χ0) is 21.3. The minimum atomic E-state index is -0.353. The minimum absolute atomic E-state index is 0.0683. The second-order valence-electron chi connectivity index (χ2n) is 7.41. The predicted octanol–water partition coefficient (Wildman–Crippen LogP) is 4.81. The van der Waals surface area contributed by atoms with E-state index in [0.717, 1.165) is 12.0 Å². The Bertz CT molecular complexity index is 952. The number of benzene rings is 2. The Morgan fingerprint density at radius 3 is 2.50 bits per heavy atom. The van der Waals surface area contributed by atoms with Crippen LogP contribution in [-0.4, -0.2) is 18.4 Å². The lowest BCUT2D eigenvalue weighted by atomic mass is 9.97. The third-order valence-electron chi connectivity index (χ3n) is 4.45. The molecule has 1 heterocycles. The number of carbonyl (C=O) groups excluding carboxylic acids is 2. The zero-order valence-electron chi connectivity index (χ0n) is 17.1. The molecule has 2 amide bonds. The molecule has 3 rings (SSSR count). The van der Waals surface area contributed by atoms with Crippen molar-refractivity contribution in [3.8, 4) is 5.75 Å². The Morgan fingerprint density at radius 2 is 1.80 bits per heavy atom. The lowest BCUT2D eigenvalue weighted by molar-refractivity contribution is -0.124. The summed E-state index contributed by atoms with van der Waals surface area (Å²) in [5.74, 6) is 0.593. The van der Waals surface area contributed by atoms with Crippen LogP contribution in [0.2, 0.25) is 0 Å². The molecule has 6 heteroatoms. The van der Waals surface area contributed by atoms with E-state index >= 15 is 0 Å². The van der Waals surface area contributed by atoms with Crippen molar-refractivity contribution in [1.82, 2.24) is 5.32 Å². The number of anilines is 1. The number of furan rings is 1. The summed E-state index contributed by atoms with van der Waals surface area (Å²) in [6.45, 7) is 4.14. The van der Waals surface area contributed by atoms with Gasteiger partial charge in [0.25, 0.3) is 11.8 Å². The van der Waals surface area contributed by atoms with Crippen molar-refractivity contribution in [2.24, 2.45) is 5.92 Å². The van der Waals surface area contributed by atoms with Crippen LogP contribution in [0.15, 0.2) is 77.4 Å². The van der Waals surface area contributed by atoms with Crippen LogP contribution >= 0.6 is 0 Å². The molecule has 0 saturated heterocycles. The predicted molar refractivity (Wildman–Crippen MR) is 115 cm³/mol. The van der Waals surface area contributed by atoms with E-state index in [1.807, 2.05) is 30.3 Å². The summed E-state index contributed by atoms with van der Waals surface area (Å²) in [4.78, 5) is 24.6. The number of rotatable bonds is 9. The van der Waals surface area contributed by atoms with Crippen LogP contribution < -0.4 is 15.4 Å². The number of hydrogen-bond acceptors (Lipinski definition) is 4. The molecular formula is C24H26N2O4. The molecule has 6 nitrogen and oxygen atoms in total. The van der Waals surface area contributed by atoms with E-state index in [2.05, 4.69) is 24.5 Å². The monoisotopic (exact) mass is 406 g/mol. The molecule has 1 aromatic heterocycles. The molecule has 3 aromatic rings. The molecule has 0 aliphatic carbocycles. The van der Waals surface area contributed by atoms with E-state index in [9.17, 15) is 9.59 Å². The van der Waals surface area contributed by atoms with E-state index in [-0.39, 0.29) is 30.2 Å². The molecule has 0 aliphatic rings. The summed E-state index contributed by atoms with van der Waals surface area (Å²) in [7, 11) is 0. The molecule has 2 N–H and O–H groups in total. The molecule has 156 valence electrons. The van der Waals surface area contributed by atoms with Gasteiger partial charge in [0.1, 0.15) is 5.75 Å². The molecule has 1 unspecified atom stereocenters. The van der Waals surface area contributed by atoms with Crippen molar-refractivity contribution < 1.29 is 18.7 Å². The maximum Gasteiger partial charge on any atom is 0.291 e. The van der Waals surface area contributed by atoms with Crippen molar-refractivity contribution in [1.29, 1.82) is 0 Å². The zero-order valence-corrected chi connectivity index (χ0v) is 17.1. The van der Waals surface area contributed by atoms with Crippen LogP contribution in [-0.2, 0) is 4.79 Å². The van der Waals surface area contributed by atoms with Crippen LogP contribution in [0.3, 0.4) is 0 Å². The highest BCUT2D eigenvalue weighted by molar-refractivity contribution is 6.02. The van der Waals surface area contributed by atoms with Crippen molar-refractivity contribution in [2.75, 3.05) is 11.9 Å². The average Bonchev–Trinajstić information content (AvgIpc) is 3.28. The topological polar surface area (TPSA) is 80.6 Å². The highest BCUT2D eigenvalue weighted by atomic mass is 16.5. The van der Waals surface area contributed by atoms with Gasteiger partial charge in [0.2, 0.25) is 0 Å². The fraction of sp³-hybridized carbons (Fsp3) is 0.250. The minimum Gasteiger partial charge on any atom is -0.484 e. The molecule has 2 aromatic carbocycles. The summed E-state index contributed by atoms with van der Waals surface area (Å²) < 4.78 is 10.7. The number of carbonyl (C=O) groups is 2. The number of ether oxygens (including phenoxy) is 1. The Hall–Kier alpha value is -3.54. The average molecular weight is 406 g/mol. The van der Waals surface area contributed by atoms with Gasteiger partial charge >= 0.3 is 0 Å². The number of nitrogens with one attached hydrogen (secondary N) is 2. The van der Waals surface area contributed by atoms with Crippen molar-refractivity contribution in [3.63, 3.8) is 0 Å².